The van der Waals surface area contributed by atoms with Crippen molar-refractivity contribution < 1.29 is 13.2 Å². The fraction of sp³-hybridized carbons (Fsp3) is 0.105. The van der Waals surface area contributed by atoms with Gasteiger partial charge in [-0.3, -0.25) is 9.71 Å². The van der Waals surface area contributed by atoms with E-state index in [-0.39, 0.29) is 4.90 Å². The van der Waals surface area contributed by atoms with E-state index in [0.717, 1.165) is 5.69 Å². The van der Waals surface area contributed by atoms with Crippen molar-refractivity contribution in [3.63, 3.8) is 0 Å². The molecule has 0 aliphatic rings. The van der Waals surface area contributed by atoms with Crippen LogP contribution in [0.15, 0.2) is 71.8 Å². The predicted octanol–water partition coefficient (Wildman–Crippen LogP) is 4.42. The first-order chi connectivity index (χ1) is 12.4. The van der Waals surface area contributed by atoms with E-state index < -0.39 is 10.0 Å². The van der Waals surface area contributed by atoms with E-state index in [9.17, 15) is 8.42 Å². The van der Waals surface area contributed by atoms with Crippen molar-refractivity contribution in [1.29, 1.82) is 0 Å². The number of pyridine rings is 1. The number of aryl methyl sites for hydroxylation is 1. The van der Waals surface area contributed by atoms with Crippen molar-refractivity contribution >= 4 is 27.3 Å². The highest BCUT2D eigenvalue weighted by Crippen LogP contribution is 2.25. The van der Waals surface area contributed by atoms with E-state index in [1.165, 1.54) is 6.07 Å². The second kappa shape index (κ2) is 7.76. The van der Waals surface area contributed by atoms with Crippen LogP contribution >= 0.6 is 11.6 Å². The van der Waals surface area contributed by atoms with Crippen molar-refractivity contribution in [2.45, 2.75) is 18.4 Å². The van der Waals surface area contributed by atoms with Crippen molar-refractivity contribution in [3.8, 4) is 5.75 Å². The van der Waals surface area contributed by atoms with Gasteiger partial charge in [-0.2, -0.15) is 0 Å². The van der Waals surface area contributed by atoms with Crippen molar-refractivity contribution in [3.05, 3.63) is 83.1 Å². The number of aromatic nitrogens is 1. The molecule has 0 saturated carbocycles. The van der Waals surface area contributed by atoms with Crippen LogP contribution in [0.3, 0.4) is 0 Å². The zero-order chi connectivity index (χ0) is 18.6. The van der Waals surface area contributed by atoms with Gasteiger partial charge in [0.1, 0.15) is 12.4 Å². The number of ether oxygens (including phenoxy) is 1. The number of anilines is 1. The van der Waals surface area contributed by atoms with E-state index in [4.69, 9.17) is 16.3 Å². The van der Waals surface area contributed by atoms with Crippen LogP contribution in [0.5, 0.6) is 5.75 Å². The van der Waals surface area contributed by atoms with Gasteiger partial charge in [-0.25, -0.2) is 8.42 Å². The van der Waals surface area contributed by atoms with Crippen molar-refractivity contribution in [2.75, 3.05) is 4.72 Å². The SMILES string of the molecule is Cc1ccc(Cl)cc1S(=O)(=O)Nc1cccc(OCc2ccccn2)c1. The minimum Gasteiger partial charge on any atom is -0.487 e. The third kappa shape index (κ3) is 4.53. The maximum atomic E-state index is 12.6. The fourth-order valence-corrected chi connectivity index (χ4v) is 3.92. The second-order valence-electron chi connectivity index (χ2n) is 5.65. The number of halogens is 1. The van der Waals surface area contributed by atoms with Gasteiger partial charge in [0.2, 0.25) is 0 Å². The summed E-state index contributed by atoms with van der Waals surface area (Å²) in [6, 6.07) is 17.1. The van der Waals surface area contributed by atoms with Crippen LogP contribution in [0, 0.1) is 6.92 Å². The lowest BCUT2D eigenvalue weighted by molar-refractivity contribution is 0.301. The Bertz CT molecular complexity index is 1010. The molecule has 0 spiro atoms. The van der Waals surface area contributed by atoms with Gasteiger partial charge in [-0.05, 0) is 48.9 Å². The van der Waals surface area contributed by atoms with E-state index in [2.05, 4.69) is 9.71 Å². The molecular formula is C19H17ClN2O3S. The summed E-state index contributed by atoms with van der Waals surface area (Å²) in [5.74, 6) is 0.540. The first-order valence-electron chi connectivity index (χ1n) is 7.86. The minimum absolute atomic E-state index is 0.143. The Hall–Kier alpha value is -2.57. The Balaban J connectivity index is 1.76. The highest BCUT2D eigenvalue weighted by atomic mass is 35.5. The second-order valence-corrected chi connectivity index (χ2v) is 7.74. The molecule has 0 fully saturated rings. The van der Waals surface area contributed by atoms with Crippen LogP contribution in [-0.4, -0.2) is 13.4 Å². The zero-order valence-corrected chi connectivity index (χ0v) is 15.6. The van der Waals surface area contributed by atoms with E-state index in [0.29, 0.717) is 28.6 Å². The van der Waals surface area contributed by atoms with Gasteiger partial charge in [0.25, 0.3) is 10.0 Å². The lowest BCUT2D eigenvalue weighted by Crippen LogP contribution is -2.14. The summed E-state index contributed by atoms with van der Waals surface area (Å²) >= 11 is 5.93. The molecule has 0 saturated heterocycles. The van der Waals surface area contributed by atoms with Crippen LogP contribution in [0.25, 0.3) is 0 Å². The van der Waals surface area contributed by atoms with Crippen LogP contribution in [0.2, 0.25) is 5.02 Å². The summed E-state index contributed by atoms with van der Waals surface area (Å²) in [5.41, 5.74) is 1.81. The van der Waals surface area contributed by atoms with E-state index in [1.807, 2.05) is 18.2 Å². The maximum Gasteiger partial charge on any atom is 0.262 e. The molecule has 0 unspecified atom stereocenters. The third-order valence-electron chi connectivity index (χ3n) is 3.64. The molecule has 0 bridgehead atoms. The quantitative estimate of drug-likeness (QED) is 0.678. The molecule has 0 atom stereocenters. The number of sulfonamides is 1. The Morgan fingerprint density at radius 1 is 1.08 bits per heavy atom. The van der Waals surface area contributed by atoms with E-state index in [1.54, 1.807) is 49.5 Å². The molecule has 26 heavy (non-hydrogen) atoms. The topological polar surface area (TPSA) is 68.3 Å². The highest BCUT2D eigenvalue weighted by molar-refractivity contribution is 7.92. The largest absolute Gasteiger partial charge is 0.487 e. The Morgan fingerprint density at radius 3 is 2.69 bits per heavy atom. The first kappa shape index (κ1) is 18.2. The van der Waals surface area contributed by atoms with Crippen LogP contribution < -0.4 is 9.46 Å². The molecule has 2 aromatic carbocycles. The number of nitrogens with one attached hydrogen (secondary N) is 1. The smallest absolute Gasteiger partial charge is 0.262 e. The van der Waals surface area contributed by atoms with Gasteiger partial charge >= 0.3 is 0 Å². The fourth-order valence-electron chi connectivity index (χ4n) is 2.36. The molecule has 1 N–H and O–H groups in total. The number of nitrogens with zero attached hydrogens (tertiary/aromatic N) is 1. The standard InChI is InChI=1S/C19H17ClN2O3S/c1-14-8-9-15(20)11-19(14)26(23,24)22-16-6-4-7-18(12-16)25-13-17-5-2-3-10-21-17/h2-12,22H,13H2,1H3. The van der Waals surface area contributed by atoms with Gasteiger partial charge in [-0.1, -0.05) is 29.8 Å². The maximum absolute atomic E-state index is 12.6. The van der Waals surface area contributed by atoms with Gasteiger partial charge in [0.05, 0.1) is 16.3 Å². The monoisotopic (exact) mass is 388 g/mol. The Labute approximate surface area is 157 Å². The number of rotatable bonds is 6. The summed E-state index contributed by atoms with van der Waals surface area (Å²) in [4.78, 5) is 4.33. The van der Waals surface area contributed by atoms with Crippen LogP contribution in [0.1, 0.15) is 11.3 Å². The molecule has 0 amide bonds. The van der Waals surface area contributed by atoms with Crippen molar-refractivity contribution in [2.24, 2.45) is 0 Å². The molecular weight excluding hydrogens is 372 g/mol. The lowest BCUT2D eigenvalue weighted by atomic mass is 10.2. The molecule has 0 aliphatic carbocycles. The average Bonchev–Trinajstić information content (AvgIpc) is 2.63. The van der Waals surface area contributed by atoms with E-state index >= 15 is 0 Å². The summed E-state index contributed by atoms with van der Waals surface area (Å²) in [7, 11) is -3.75. The molecule has 0 aliphatic heterocycles. The van der Waals surface area contributed by atoms with Crippen LogP contribution in [-0.2, 0) is 16.6 Å². The molecule has 1 aromatic heterocycles. The van der Waals surface area contributed by atoms with Crippen LogP contribution in [0.4, 0.5) is 5.69 Å². The molecule has 1 heterocycles. The highest BCUT2D eigenvalue weighted by Gasteiger charge is 2.17. The summed E-state index contributed by atoms with van der Waals surface area (Å²) in [5, 5.41) is 0.364. The Morgan fingerprint density at radius 2 is 1.92 bits per heavy atom. The molecule has 5 nitrogen and oxygen atoms in total. The molecule has 3 aromatic rings. The molecule has 3 rings (SSSR count). The van der Waals surface area contributed by atoms with Crippen molar-refractivity contribution in [1.82, 2.24) is 4.98 Å². The molecule has 134 valence electrons. The summed E-state index contributed by atoms with van der Waals surface area (Å²) < 4.78 is 33.5. The van der Waals surface area contributed by atoms with Gasteiger partial charge in [0.15, 0.2) is 0 Å². The summed E-state index contributed by atoms with van der Waals surface area (Å²) in [6.45, 7) is 2.02. The van der Waals surface area contributed by atoms with Gasteiger partial charge < -0.3 is 4.74 Å². The third-order valence-corrected chi connectivity index (χ3v) is 5.40. The number of hydrogen-bond donors (Lipinski definition) is 1. The first-order valence-corrected chi connectivity index (χ1v) is 9.72. The number of benzene rings is 2. The lowest BCUT2D eigenvalue weighted by Gasteiger charge is -2.12. The van der Waals surface area contributed by atoms with Gasteiger partial charge in [0, 0.05) is 17.3 Å². The average molecular weight is 389 g/mol. The zero-order valence-electron chi connectivity index (χ0n) is 14.0. The summed E-state index contributed by atoms with van der Waals surface area (Å²) in [6.07, 6.45) is 1.69. The normalized spacial score (nSPS) is 11.2. The minimum atomic E-state index is -3.75. The predicted molar refractivity (Wildman–Crippen MR) is 102 cm³/mol. The van der Waals surface area contributed by atoms with Gasteiger partial charge in [-0.15, -0.1) is 0 Å². The molecule has 7 heteroatoms. The Kier molecular flexibility index (Phi) is 5.44. The molecule has 0 radical (unpaired) electrons. The number of hydrogen-bond acceptors (Lipinski definition) is 4.